The molecule has 1 aromatic heterocycles. The Balaban J connectivity index is 1.15. The van der Waals surface area contributed by atoms with E-state index >= 15 is 0 Å². The van der Waals surface area contributed by atoms with Gasteiger partial charge in [-0.05, 0) is 100 Å². The number of piperidine rings is 1. The van der Waals surface area contributed by atoms with Crippen molar-refractivity contribution in [1.82, 2.24) is 19.6 Å². The number of carbonyl (C=O) groups is 3. The monoisotopic (exact) mass is 625 g/mol. The largest absolute Gasteiger partial charge is 0.342 e. The molecule has 45 heavy (non-hydrogen) atoms. The molecule has 1 spiro atoms. The van der Waals surface area contributed by atoms with E-state index in [-0.39, 0.29) is 29.6 Å². The highest BCUT2D eigenvalue weighted by atomic mass is 32.1. The van der Waals surface area contributed by atoms with Gasteiger partial charge in [0.25, 0.3) is 5.91 Å². The zero-order valence-electron chi connectivity index (χ0n) is 26.8. The third kappa shape index (κ3) is 5.69. The molecule has 0 N–H and O–H groups in total. The van der Waals surface area contributed by atoms with E-state index in [0.717, 1.165) is 42.8 Å². The van der Waals surface area contributed by atoms with E-state index in [2.05, 4.69) is 56.3 Å². The summed E-state index contributed by atoms with van der Waals surface area (Å²) >= 11 is 1.84. The third-order valence-electron chi connectivity index (χ3n) is 10.2. The number of likely N-dealkylation sites (tertiary alicyclic amines) is 2. The van der Waals surface area contributed by atoms with Gasteiger partial charge in [0.15, 0.2) is 0 Å². The molecule has 0 unspecified atom stereocenters. The summed E-state index contributed by atoms with van der Waals surface area (Å²) in [7, 11) is 3.79. The van der Waals surface area contributed by atoms with Crippen LogP contribution < -0.4 is 0 Å². The first-order valence-electron chi connectivity index (χ1n) is 16.4. The van der Waals surface area contributed by atoms with E-state index in [1.54, 1.807) is 0 Å². The number of amidine groups is 1. The van der Waals surface area contributed by atoms with Crippen LogP contribution in [0, 0.1) is 25.7 Å². The van der Waals surface area contributed by atoms with E-state index in [1.807, 2.05) is 45.0 Å². The lowest BCUT2D eigenvalue weighted by molar-refractivity contribution is -0.138. The Morgan fingerprint density at radius 3 is 2.31 bits per heavy atom. The van der Waals surface area contributed by atoms with E-state index in [4.69, 9.17) is 4.99 Å². The van der Waals surface area contributed by atoms with Gasteiger partial charge < -0.3 is 14.7 Å². The molecule has 3 fully saturated rings. The Kier molecular flexibility index (Phi) is 7.80. The van der Waals surface area contributed by atoms with Crippen LogP contribution in [0.25, 0.3) is 21.2 Å². The van der Waals surface area contributed by atoms with Gasteiger partial charge in [0.1, 0.15) is 11.4 Å². The second kappa shape index (κ2) is 11.7. The first kappa shape index (κ1) is 30.1. The van der Waals surface area contributed by atoms with Crippen LogP contribution in [0.5, 0.6) is 0 Å². The lowest BCUT2D eigenvalue weighted by Gasteiger charge is -2.37. The van der Waals surface area contributed by atoms with Gasteiger partial charge in [0.05, 0.1) is 6.54 Å². The summed E-state index contributed by atoms with van der Waals surface area (Å²) in [5, 5.41) is 1.30. The van der Waals surface area contributed by atoms with Crippen molar-refractivity contribution >= 4 is 45.0 Å². The van der Waals surface area contributed by atoms with Gasteiger partial charge in [-0.3, -0.25) is 24.3 Å². The normalized spacial score (nSPS) is 21.4. The van der Waals surface area contributed by atoms with Gasteiger partial charge in [-0.15, -0.1) is 11.3 Å². The summed E-state index contributed by atoms with van der Waals surface area (Å²) in [6.07, 6.45) is 3.97. The Hall–Kier alpha value is -3.56. The SMILES string of the molecule is Cc1sc2ccc(-c3ccc(C4=NC5(CCN(C(=O)CN(C)C)CC5)C(=O)N4C[C@@H]4CCN(C(=O)C5CC5)C4)cc3)cc2c1C. The molecule has 4 aliphatic rings. The summed E-state index contributed by atoms with van der Waals surface area (Å²) in [6, 6.07) is 15.1. The summed E-state index contributed by atoms with van der Waals surface area (Å²) in [6.45, 7) is 7.82. The first-order valence-corrected chi connectivity index (χ1v) is 17.2. The van der Waals surface area contributed by atoms with Crippen LogP contribution in [0.1, 0.15) is 48.1 Å². The smallest absolute Gasteiger partial charge is 0.256 e. The molecular formula is C36H43N5O3S. The highest BCUT2D eigenvalue weighted by Crippen LogP contribution is 2.38. The second-order valence-electron chi connectivity index (χ2n) is 13.8. The predicted molar refractivity (Wildman–Crippen MR) is 179 cm³/mol. The summed E-state index contributed by atoms with van der Waals surface area (Å²) < 4.78 is 1.31. The number of likely N-dealkylation sites (N-methyl/N-ethyl adjacent to an activating group) is 1. The Morgan fingerprint density at radius 1 is 0.933 bits per heavy atom. The number of benzene rings is 2. The molecule has 1 atom stereocenters. The number of hydrogen-bond donors (Lipinski definition) is 0. The minimum absolute atomic E-state index is 0.0435. The maximum atomic E-state index is 14.3. The molecule has 3 amide bonds. The van der Waals surface area contributed by atoms with Crippen molar-refractivity contribution in [1.29, 1.82) is 0 Å². The van der Waals surface area contributed by atoms with Gasteiger partial charge in [0, 0.05) is 53.8 Å². The molecule has 1 aliphatic carbocycles. The maximum Gasteiger partial charge on any atom is 0.256 e. The molecule has 3 aromatic rings. The van der Waals surface area contributed by atoms with Crippen LogP contribution >= 0.6 is 11.3 Å². The van der Waals surface area contributed by atoms with Crippen LogP contribution in [0.4, 0.5) is 0 Å². The lowest BCUT2D eigenvalue weighted by atomic mass is 9.87. The standard InChI is InChI=1S/C36H43N5O3S/c1-23-24(2)45-31-12-11-29(19-30(23)31)26-5-7-27(8-6-26)33-37-36(14-17-39(18-15-36)32(42)22-38(3)4)35(44)41(33)21-25-13-16-40(20-25)34(43)28-9-10-28/h5-8,11-12,19,25,28H,9-10,13-18,20-22H2,1-4H3/t25-/m1/s1. The average molecular weight is 626 g/mol. The topological polar surface area (TPSA) is 76.5 Å². The Labute approximate surface area is 269 Å². The van der Waals surface area contributed by atoms with Crippen LogP contribution in [-0.2, 0) is 14.4 Å². The van der Waals surface area contributed by atoms with Crippen molar-refractivity contribution in [2.45, 2.75) is 51.5 Å². The van der Waals surface area contributed by atoms with Crippen molar-refractivity contribution in [3.05, 3.63) is 58.5 Å². The van der Waals surface area contributed by atoms with Crippen LogP contribution in [0.3, 0.4) is 0 Å². The number of thiophene rings is 1. The van der Waals surface area contributed by atoms with E-state index in [0.29, 0.717) is 45.6 Å². The first-order chi connectivity index (χ1) is 21.6. The van der Waals surface area contributed by atoms with Crippen molar-refractivity contribution in [3.8, 4) is 11.1 Å². The Bertz CT molecular complexity index is 1680. The van der Waals surface area contributed by atoms with E-state index in [1.165, 1.54) is 26.1 Å². The number of amides is 3. The number of rotatable bonds is 7. The molecule has 2 aromatic carbocycles. The molecule has 236 valence electrons. The van der Waals surface area contributed by atoms with E-state index in [9.17, 15) is 14.4 Å². The highest BCUT2D eigenvalue weighted by Gasteiger charge is 2.51. The van der Waals surface area contributed by atoms with Gasteiger partial charge in [0.2, 0.25) is 11.8 Å². The fourth-order valence-electron chi connectivity index (χ4n) is 7.23. The zero-order chi connectivity index (χ0) is 31.5. The predicted octanol–water partition coefficient (Wildman–Crippen LogP) is 4.96. The van der Waals surface area contributed by atoms with Crippen LogP contribution in [0.2, 0.25) is 0 Å². The lowest BCUT2D eigenvalue weighted by Crippen LogP contribution is -2.53. The summed E-state index contributed by atoms with van der Waals surface area (Å²) in [5.74, 6) is 1.58. The minimum Gasteiger partial charge on any atom is -0.342 e. The van der Waals surface area contributed by atoms with Crippen molar-refractivity contribution < 1.29 is 14.4 Å². The summed E-state index contributed by atoms with van der Waals surface area (Å²) in [5.41, 5.74) is 3.74. The second-order valence-corrected chi connectivity index (χ2v) is 15.0. The van der Waals surface area contributed by atoms with Crippen LogP contribution in [-0.4, -0.2) is 102 Å². The average Bonchev–Trinajstić information content (AvgIpc) is 3.64. The number of nitrogens with zero attached hydrogens (tertiary/aromatic N) is 5. The number of aliphatic imine (C=N–C) groups is 1. The van der Waals surface area contributed by atoms with Crippen molar-refractivity contribution in [2.24, 2.45) is 16.8 Å². The number of fused-ring (bicyclic) bond motifs is 1. The van der Waals surface area contributed by atoms with Crippen molar-refractivity contribution in [3.63, 3.8) is 0 Å². The van der Waals surface area contributed by atoms with Gasteiger partial charge in [-0.2, -0.15) is 0 Å². The van der Waals surface area contributed by atoms with Gasteiger partial charge in [-0.25, -0.2) is 0 Å². The number of aryl methyl sites for hydroxylation is 2. The fraction of sp³-hybridized carbons (Fsp3) is 0.500. The molecule has 8 nitrogen and oxygen atoms in total. The summed E-state index contributed by atoms with van der Waals surface area (Å²) in [4.78, 5) is 54.1. The van der Waals surface area contributed by atoms with Gasteiger partial charge >= 0.3 is 0 Å². The maximum absolute atomic E-state index is 14.3. The molecule has 9 heteroatoms. The molecule has 4 heterocycles. The molecule has 1 saturated carbocycles. The molecule has 2 saturated heterocycles. The van der Waals surface area contributed by atoms with Crippen molar-refractivity contribution in [2.75, 3.05) is 53.4 Å². The molecule has 7 rings (SSSR count). The molecule has 3 aliphatic heterocycles. The quantitative estimate of drug-likeness (QED) is 0.372. The van der Waals surface area contributed by atoms with Crippen LogP contribution in [0.15, 0.2) is 47.5 Å². The zero-order valence-corrected chi connectivity index (χ0v) is 27.7. The Morgan fingerprint density at radius 2 is 1.62 bits per heavy atom. The molecule has 0 bridgehead atoms. The number of hydrogen-bond acceptors (Lipinski definition) is 6. The molecule has 0 radical (unpaired) electrons. The fourth-order valence-corrected chi connectivity index (χ4v) is 8.28. The van der Waals surface area contributed by atoms with E-state index < -0.39 is 5.54 Å². The highest BCUT2D eigenvalue weighted by molar-refractivity contribution is 7.19. The number of carbonyl (C=O) groups excluding carboxylic acids is 3. The minimum atomic E-state index is -0.843. The third-order valence-corrected chi connectivity index (χ3v) is 11.4. The molecular weight excluding hydrogens is 582 g/mol. The van der Waals surface area contributed by atoms with Gasteiger partial charge in [-0.1, -0.05) is 30.3 Å².